The summed E-state index contributed by atoms with van der Waals surface area (Å²) in [5.74, 6) is -0.244. The Kier molecular flexibility index (Phi) is 5.67. The molecule has 8 unspecified atom stereocenters. The first kappa shape index (κ1) is 25.6. The largest absolute Gasteiger partial charge is 0.452 e. The van der Waals surface area contributed by atoms with Crippen molar-refractivity contribution in [3.8, 4) is 0 Å². The molecule has 6 rings (SSSR count). The Morgan fingerprint density at radius 1 is 0.711 bits per heavy atom. The molecule has 0 radical (unpaired) electrons. The first-order valence-corrected chi connectivity index (χ1v) is 14.2. The summed E-state index contributed by atoms with van der Waals surface area (Å²) in [5.41, 5.74) is -0.327. The van der Waals surface area contributed by atoms with Crippen molar-refractivity contribution in [3.05, 3.63) is 71.8 Å². The molecule has 0 aromatic heterocycles. The molecule has 8 atom stereocenters. The lowest BCUT2D eigenvalue weighted by molar-refractivity contribution is -0.150. The van der Waals surface area contributed by atoms with Gasteiger partial charge in [0.2, 0.25) is 0 Å². The van der Waals surface area contributed by atoms with Crippen molar-refractivity contribution in [2.24, 2.45) is 34.5 Å². The number of carbonyl (C=O) groups is 2. The second-order valence-corrected chi connectivity index (χ2v) is 13.4. The lowest BCUT2D eigenvalue weighted by atomic mass is 9.49. The Balaban J connectivity index is 1.51. The maximum absolute atomic E-state index is 13.6. The fourth-order valence-corrected chi connectivity index (χ4v) is 9.43. The predicted octanol–water partition coefficient (Wildman–Crippen LogP) is 6.71. The van der Waals surface area contributed by atoms with Gasteiger partial charge in [0.1, 0.15) is 11.2 Å². The van der Waals surface area contributed by atoms with Crippen molar-refractivity contribution in [3.63, 3.8) is 0 Å². The van der Waals surface area contributed by atoms with Gasteiger partial charge in [0, 0.05) is 11.8 Å². The van der Waals surface area contributed by atoms with E-state index in [1.54, 1.807) is 24.3 Å². The van der Waals surface area contributed by atoms with E-state index < -0.39 is 35.3 Å². The van der Waals surface area contributed by atoms with Crippen LogP contribution in [-0.4, -0.2) is 35.3 Å². The van der Waals surface area contributed by atoms with Crippen LogP contribution >= 0.6 is 0 Å². The highest BCUT2D eigenvalue weighted by Crippen LogP contribution is 2.81. The molecule has 2 aromatic carbocycles. The zero-order valence-electron chi connectivity index (χ0n) is 23.4. The van der Waals surface area contributed by atoms with Crippen molar-refractivity contribution >= 4 is 11.9 Å². The minimum absolute atomic E-state index is 0.0596. The number of rotatable bonds is 6. The van der Waals surface area contributed by atoms with Crippen molar-refractivity contribution in [1.29, 1.82) is 0 Å². The molecule has 5 heteroatoms. The summed E-state index contributed by atoms with van der Waals surface area (Å²) in [7, 11) is 0. The molecule has 4 bridgehead atoms. The smallest absolute Gasteiger partial charge is 0.338 e. The average molecular weight is 517 g/mol. The Morgan fingerprint density at radius 3 is 1.42 bits per heavy atom. The predicted molar refractivity (Wildman–Crippen MR) is 145 cm³/mol. The van der Waals surface area contributed by atoms with Gasteiger partial charge in [-0.3, -0.25) is 0 Å². The van der Waals surface area contributed by atoms with E-state index in [4.69, 9.17) is 14.2 Å². The fourth-order valence-electron chi connectivity index (χ4n) is 9.43. The van der Waals surface area contributed by atoms with Gasteiger partial charge in [0.05, 0.1) is 11.1 Å². The molecule has 38 heavy (non-hydrogen) atoms. The summed E-state index contributed by atoms with van der Waals surface area (Å²) < 4.78 is 20.3. The summed E-state index contributed by atoms with van der Waals surface area (Å²) in [5, 5.41) is 0. The highest BCUT2D eigenvalue weighted by Gasteiger charge is 2.87. The average Bonchev–Trinajstić information content (AvgIpc) is 3.57. The monoisotopic (exact) mass is 516 g/mol. The van der Waals surface area contributed by atoms with Crippen LogP contribution in [0.25, 0.3) is 0 Å². The van der Waals surface area contributed by atoms with E-state index in [9.17, 15) is 9.59 Å². The zero-order chi connectivity index (χ0) is 27.1. The number of esters is 2. The molecule has 2 saturated carbocycles. The van der Waals surface area contributed by atoms with Crippen LogP contribution < -0.4 is 0 Å². The third-order valence-corrected chi connectivity index (χ3v) is 10.7. The normalized spacial score (nSPS) is 40.5. The Morgan fingerprint density at radius 2 is 1.08 bits per heavy atom. The van der Waals surface area contributed by atoms with E-state index in [0.717, 1.165) is 19.3 Å². The van der Waals surface area contributed by atoms with E-state index in [-0.39, 0.29) is 34.5 Å². The number of hydrogen-bond donors (Lipinski definition) is 0. The van der Waals surface area contributed by atoms with E-state index in [1.165, 1.54) is 0 Å². The third kappa shape index (κ3) is 3.20. The van der Waals surface area contributed by atoms with Gasteiger partial charge in [0.15, 0.2) is 12.2 Å². The summed E-state index contributed by atoms with van der Waals surface area (Å²) >= 11 is 0. The molecule has 4 fully saturated rings. The molecule has 2 aromatic rings. The van der Waals surface area contributed by atoms with Crippen LogP contribution in [0.5, 0.6) is 0 Å². The molecule has 0 amide bonds. The van der Waals surface area contributed by atoms with Gasteiger partial charge in [-0.05, 0) is 66.2 Å². The molecule has 4 aliphatic rings. The molecule has 2 aliphatic carbocycles. The Hall–Kier alpha value is -2.66. The van der Waals surface area contributed by atoms with Gasteiger partial charge >= 0.3 is 11.9 Å². The standard InChI is InChI=1S/C33H40O5/c1-20(2)32-24-25(31(6)18-17-30(24,5)19-31)33(38-32,21(3)4)27(37-29(35)23-15-11-8-12-16-23)26(32)36-28(34)22-13-9-7-10-14-22/h7-16,20-21,24-27H,17-19H2,1-6H3. The second kappa shape index (κ2) is 8.42. The van der Waals surface area contributed by atoms with Crippen LogP contribution in [0.1, 0.15) is 81.5 Å². The van der Waals surface area contributed by atoms with Crippen molar-refractivity contribution in [2.45, 2.75) is 84.2 Å². The second-order valence-electron chi connectivity index (χ2n) is 13.4. The van der Waals surface area contributed by atoms with Crippen LogP contribution in [0.2, 0.25) is 0 Å². The van der Waals surface area contributed by atoms with E-state index in [1.807, 2.05) is 36.4 Å². The van der Waals surface area contributed by atoms with Gasteiger partial charge in [0.25, 0.3) is 0 Å². The molecular weight excluding hydrogens is 476 g/mol. The van der Waals surface area contributed by atoms with Crippen molar-refractivity contribution in [2.75, 3.05) is 0 Å². The number of benzene rings is 2. The van der Waals surface area contributed by atoms with Crippen LogP contribution in [0.4, 0.5) is 0 Å². The molecule has 202 valence electrons. The van der Waals surface area contributed by atoms with Crippen LogP contribution in [0.3, 0.4) is 0 Å². The van der Waals surface area contributed by atoms with E-state index >= 15 is 0 Å². The fraction of sp³-hybridized carbons (Fsp3) is 0.576. The van der Waals surface area contributed by atoms with E-state index in [2.05, 4.69) is 41.5 Å². The van der Waals surface area contributed by atoms with Crippen LogP contribution in [-0.2, 0) is 14.2 Å². The van der Waals surface area contributed by atoms with Gasteiger partial charge in [-0.1, -0.05) is 77.9 Å². The van der Waals surface area contributed by atoms with Crippen LogP contribution in [0, 0.1) is 34.5 Å². The van der Waals surface area contributed by atoms with E-state index in [0.29, 0.717) is 11.1 Å². The highest BCUT2D eigenvalue weighted by molar-refractivity contribution is 5.90. The summed E-state index contributed by atoms with van der Waals surface area (Å²) in [6.07, 6.45) is 2.01. The summed E-state index contributed by atoms with van der Waals surface area (Å²) in [6.45, 7) is 13.5. The quantitative estimate of drug-likeness (QED) is 0.399. The number of hydrogen-bond acceptors (Lipinski definition) is 5. The third-order valence-electron chi connectivity index (χ3n) is 10.7. The van der Waals surface area contributed by atoms with Gasteiger partial charge in [-0.2, -0.15) is 0 Å². The number of fused-ring (bicyclic) bond motifs is 9. The topological polar surface area (TPSA) is 61.8 Å². The molecule has 2 heterocycles. The number of ether oxygens (including phenoxy) is 3. The molecule has 0 N–H and O–H groups in total. The lowest BCUT2D eigenvalue weighted by Gasteiger charge is -2.54. The zero-order valence-corrected chi connectivity index (χ0v) is 23.4. The molecule has 2 saturated heterocycles. The first-order valence-electron chi connectivity index (χ1n) is 14.2. The van der Waals surface area contributed by atoms with Crippen molar-refractivity contribution < 1.29 is 23.8 Å². The molecule has 0 spiro atoms. The minimum Gasteiger partial charge on any atom is -0.452 e. The van der Waals surface area contributed by atoms with Gasteiger partial charge in [-0.15, -0.1) is 0 Å². The van der Waals surface area contributed by atoms with Crippen molar-refractivity contribution in [1.82, 2.24) is 0 Å². The maximum atomic E-state index is 13.6. The van der Waals surface area contributed by atoms with Gasteiger partial charge < -0.3 is 14.2 Å². The maximum Gasteiger partial charge on any atom is 0.338 e. The first-order chi connectivity index (χ1) is 18.0. The lowest BCUT2D eigenvalue weighted by Crippen LogP contribution is -2.66. The number of carbonyl (C=O) groups excluding carboxylic acids is 2. The molecule has 5 nitrogen and oxygen atoms in total. The molecular formula is C33H40O5. The van der Waals surface area contributed by atoms with Gasteiger partial charge in [-0.25, -0.2) is 9.59 Å². The SMILES string of the molecule is CC(C)C12OC(C(C)C)(C(OC(=O)c3ccccc3)C1OC(=O)c1ccccc1)C1C2C2(C)CCC1(C)C2. The minimum atomic E-state index is -0.742. The summed E-state index contributed by atoms with van der Waals surface area (Å²) in [4.78, 5) is 27.2. The molecule has 2 aliphatic heterocycles. The Labute approximate surface area is 226 Å². The highest BCUT2D eigenvalue weighted by atomic mass is 16.7. The Bertz CT molecular complexity index is 1150. The summed E-state index contributed by atoms with van der Waals surface area (Å²) in [6, 6.07) is 18.2. The van der Waals surface area contributed by atoms with Crippen LogP contribution in [0.15, 0.2) is 60.7 Å².